The molecule has 21 heavy (non-hydrogen) atoms. The molecule has 1 saturated heterocycles. The molecule has 114 valence electrons. The Morgan fingerprint density at radius 1 is 1.52 bits per heavy atom. The van der Waals surface area contributed by atoms with Crippen LogP contribution in [0, 0.1) is 0 Å². The van der Waals surface area contributed by atoms with E-state index in [1.807, 2.05) is 0 Å². The van der Waals surface area contributed by atoms with Crippen molar-refractivity contribution >= 4 is 34.8 Å². The average molecular weight is 331 g/mol. The second kappa shape index (κ2) is 7.51. The fourth-order valence-corrected chi connectivity index (χ4v) is 2.65. The Labute approximate surface area is 131 Å². The number of anilines is 1. The van der Waals surface area contributed by atoms with Crippen molar-refractivity contribution in [1.82, 2.24) is 15.5 Å². The van der Waals surface area contributed by atoms with Gasteiger partial charge >= 0.3 is 0 Å². The first-order valence-electron chi connectivity index (χ1n) is 6.29. The van der Waals surface area contributed by atoms with Crippen LogP contribution in [-0.2, 0) is 9.53 Å². The van der Waals surface area contributed by atoms with Gasteiger partial charge in [-0.15, -0.1) is 22.6 Å². The largest absolute Gasteiger partial charge is 0.462 e. The third-order valence-electron chi connectivity index (χ3n) is 2.83. The van der Waals surface area contributed by atoms with Crippen LogP contribution in [0.15, 0.2) is 22.8 Å². The number of aromatic nitrogens is 2. The van der Waals surface area contributed by atoms with Crippen LogP contribution < -0.4 is 10.6 Å². The molecule has 7 nitrogen and oxygen atoms in total. The van der Waals surface area contributed by atoms with Crippen LogP contribution in [0.5, 0.6) is 0 Å². The Morgan fingerprint density at radius 3 is 3.14 bits per heavy atom. The van der Waals surface area contributed by atoms with Crippen molar-refractivity contribution in [3.63, 3.8) is 0 Å². The lowest BCUT2D eigenvalue weighted by Gasteiger charge is -2.22. The maximum absolute atomic E-state index is 11.9. The molecule has 2 aromatic rings. The molecule has 1 amide bonds. The number of morpholine rings is 1. The highest BCUT2D eigenvalue weighted by atomic mass is 35.5. The SMILES string of the molecule is Cl.O=C(CC1COCCN1)Nc1nnc(-c2ccco2)s1. The minimum absolute atomic E-state index is 0. The van der Waals surface area contributed by atoms with Crippen LogP contribution >= 0.6 is 23.7 Å². The number of carbonyl (C=O) groups excluding carboxylic acids is 1. The normalized spacial score (nSPS) is 18.0. The molecule has 9 heteroatoms. The molecule has 2 N–H and O–H groups in total. The van der Waals surface area contributed by atoms with Gasteiger partial charge in [-0.05, 0) is 12.1 Å². The number of ether oxygens (including phenoxy) is 1. The van der Waals surface area contributed by atoms with Crippen molar-refractivity contribution in [2.24, 2.45) is 0 Å². The van der Waals surface area contributed by atoms with Gasteiger partial charge in [-0.25, -0.2) is 0 Å². The van der Waals surface area contributed by atoms with Gasteiger partial charge in [0.25, 0.3) is 0 Å². The molecule has 0 saturated carbocycles. The van der Waals surface area contributed by atoms with E-state index < -0.39 is 0 Å². The molecule has 0 aliphatic carbocycles. The van der Waals surface area contributed by atoms with Gasteiger partial charge in [0.05, 0.1) is 19.5 Å². The molecule has 1 aliphatic rings. The van der Waals surface area contributed by atoms with Crippen molar-refractivity contribution in [3.05, 3.63) is 18.4 Å². The van der Waals surface area contributed by atoms with Crippen LogP contribution in [0.25, 0.3) is 10.8 Å². The van der Waals surface area contributed by atoms with E-state index in [1.54, 1.807) is 18.4 Å². The third kappa shape index (κ3) is 4.24. The summed E-state index contributed by atoms with van der Waals surface area (Å²) in [5, 5.41) is 15.0. The summed E-state index contributed by atoms with van der Waals surface area (Å²) in [4.78, 5) is 11.9. The number of halogens is 1. The average Bonchev–Trinajstić information content (AvgIpc) is 3.10. The molecule has 1 aliphatic heterocycles. The molecule has 3 heterocycles. The summed E-state index contributed by atoms with van der Waals surface area (Å²) in [6, 6.07) is 3.64. The van der Waals surface area contributed by atoms with Gasteiger partial charge in [-0.3, -0.25) is 4.79 Å². The van der Waals surface area contributed by atoms with Crippen molar-refractivity contribution in [2.75, 3.05) is 25.1 Å². The van der Waals surface area contributed by atoms with E-state index in [-0.39, 0.29) is 24.4 Å². The number of rotatable bonds is 4. The minimum atomic E-state index is -0.102. The molecule has 1 fully saturated rings. The standard InChI is InChI=1S/C12H14N4O3S.ClH/c17-10(6-8-7-18-5-3-13-8)14-12-16-15-11(20-12)9-2-1-4-19-9;/h1-2,4,8,13H,3,5-7H2,(H,14,16,17);1H. The van der Waals surface area contributed by atoms with Crippen LogP contribution in [0.3, 0.4) is 0 Å². The van der Waals surface area contributed by atoms with E-state index >= 15 is 0 Å². The van der Waals surface area contributed by atoms with Crippen LogP contribution in [0.2, 0.25) is 0 Å². The molecule has 1 unspecified atom stereocenters. The fraction of sp³-hybridized carbons (Fsp3) is 0.417. The van der Waals surface area contributed by atoms with E-state index in [1.165, 1.54) is 11.3 Å². The van der Waals surface area contributed by atoms with Gasteiger partial charge in [-0.1, -0.05) is 11.3 Å². The summed E-state index contributed by atoms with van der Waals surface area (Å²) in [6.07, 6.45) is 1.93. The van der Waals surface area contributed by atoms with E-state index in [2.05, 4.69) is 20.8 Å². The van der Waals surface area contributed by atoms with Crippen molar-refractivity contribution in [3.8, 4) is 10.8 Å². The Kier molecular flexibility index (Phi) is 5.68. The Hall–Kier alpha value is -1.48. The quantitative estimate of drug-likeness (QED) is 0.884. The van der Waals surface area contributed by atoms with E-state index in [9.17, 15) is 4.79 Å². The maximum Gasteiger partial charge on any atom is 0.227 e. The molecule has 1 atom stereocenters. The smallest absolute Gasteiger partial charge is 0.227 e. The summed E-state index contributed by atoms with van der Waals surface area (Å²) >= 11 is 1.28. The first kappa shape index (κ1) is 15.9. The maximum atomic E-state index is 11.9. The van der Waals surface area contributed by atoms with Crippen LogP contribution in [0.1, 0.15) is 6.42 Å². The minimum Gasteiger partial charge on any atom is -0.462 e. The van der Waals surface area contributed by atoms with Gasteiger partial charge in [0, 0.05) is 19.0 Å². The van der Waals surface area contributed by atoms with Gasteiger partial charge in [0.15, 0.2) is 10.8 Å². The lowest BCUT2D eigenvalue weighted by atomic mass is 10.2. The number of hydrogen-bond acceptors (Lipinski definition) is 7. The monoisotopic (exact) mass is 330 g/mol. The molecule has 0 radical (unpaired) electrons. The molecular weight excluding hydrogens is 316 g/mol. The Morgan fingerprint density at radius 2 is 2.43 bits per heavy atom. The number of nitrogens with one attached hydrogen (secondary N) is 2. The highest BCUT2D eigenvalue weighted by molar-refractivity contribution is 7.18. The van der Waals surface area contributed by atoms with Crippen molar-refractivity contribution in [2.45, 2.75) is 12.5 Å². The fourth-order valence-electron chi connectivity index (χ4n) is 1.92. The van der Waals surface area contributed by atoms with Gasteiger partial charge < -0.3 is 19.8 Å². The topological polar surface area (TPSA) is 89.3 Å². The number of carbonyl (C=O) groups is 1. The molecular formula is C12H15ClN4O3S. The van der Waals surface area contributed by atoms with Gasteiger partial charge in [0.2, 0.25) is 11.0 Å². The lowest BCUT2D eigenvalue weighted by molar-refractivity contribution is -0.117. The van der Waals surface area contributed by atoms with Crippen LogP contribution in [-0.4, -0.2) is 41.9 Å². The third-order valence-corrected chi connectivity index (χ3v) is 3.69. The zero-order valence-corrected chi connectivity index (χ0v) is 12.7. The second-order valence-corrected chi connectivity index (χ2v) is 5.35. The number of hydrogen-bond donors (Lipinski definition) is 2. The predicted octanol–water partition coefficient (Wildman–Crippen LogP) is 1.54. The van der Waals surface area contributed by atoms with E-state index in [0.29, 0.717) is 35.5 Å². The second-order valence-electron chi connectivity index (χ2n) is 4.37. The van der Waals surface area contributed by atoms with Crippen molar-refractivity contribution < 1.29 is 13.9 Å². The zero-order chi connectivity index (χ0) is 13.8. The summed E-state index contributed by atoms with van der Waals surface area (Å²) < 4.78 is 10.5. The highest BCUT2D eigenvalue weighted by Gasteiger charge is 2.18. The Balaban J connectivity index is 0.00000161. The molecule has 2 aromatic heterocycles. The van der Waals surface area contributed by atoms with Gasteiger partial charge in [0.1, 0.15) is 0 Å². The lowest BCUT2D eigenvalue weighted by Crippen LogP contribution is -2.43. The van der Waals surface area contributed by atoms with E-state index in [4.69, 9.17) is 9.15 Å². The first-order valence-corrected chi connectivity index (χ1v) is 7.11. The van der Waals surface area contributed by atoms with E-state index in [0.717, 1.165) is 6.54 Å². The summed E-state index contributed by atoms with van der Waals surface area (Å²) in [5.74, 6) is 0.542. The van der Waals surface area contributed by atoms with Crippen LogP contribution in [0.4, 0.5) is 5.13 Å². The first-order chi connectivity index (χ1) is 9.81. The molecule has 0 spiro atoms. The number of nitrogens with zero attached hydrogens (tertiary/aromatic N) is 2. The summed E-state index contributed by atoms with van der Waals surface area (Å²) in [6.45, 7) is 2.03. The molecule has 3 rings (SSSR count). The zero-order valence-electron chi connectivity index (χ0n) is 11.1. The Bertz CT molecular complexity index is 569. The molecule has 0 aromatic carbocycles. The summed E-state index contributed by atoms with van der Waals surface area (Å²) in [7, 11) is 0. The summed E-state index contributed by atoms with van der Waals surface area (Å²) in [5.41, 5.74) is 0. The predicted molar refractivity (Wildman–Crippen MR) is 80.7 cm³/mol. The van der Waals surface area contributed by atoms with Crippen molar-refractivity contribution in [1.29, 1.82) is 0 Å². The van der Waals surface area contributed by atoms with Gasteiger partial charge in [-0.2, -0.15) is 0 Å². The highest BCUT2D eigenvalue weighted by Crippen LogP contribution is 2.26. The molecule has 0 bridgehead atoms. The number of furan rings is 1. The number of amides is 1.